The van der Waals surface area contributed by atoms with Crippen molar-refractivity contribution in [3.63, 3.8) is 0 Å². The van der Waals surface area contributed by atoms with Gasteiger partial charge < -0.3 is 10.0 Å². The van der Waals surface area contributed by atoms with Crippen molar-refractivity contribution in [2.45, 2.75) is 39.5 Å². The highest BCUT2D eigenvalue weighted by Gasteiger charge is 2.33. The Morgan fingerprint density at radius 1 is 1.43 bits per heavy atom. The summed E-state index contributed by atoms with van der Waals surface area (Å²) in [7, 11) is 0. The molecule has 1 fully saturated rings. The van der Waals surface area contributed by atoms with Crippen LogP contribution in [0.15, 0.2) is 36.0 Å². The number of allylic oxidation sites excluding steroid dienone is 2. The van der Waals surface area contributed by atoms with Crippen molar-refractivity contribution in [2.75, 3.05) is 26.2 Å². The fraction of sp³-hybridized carbons (Fsp3) is 0.611. The van der Waals surface area contributed by atoms with Gasteiger partial charge in [0.25, 0.3) is 0 Å². The zero-order valence-electron chi connectivity index (χ0n) is 13.4. The number of pyridine rings is 1. The molecule has 0 aromatic carbocycles. The summed E-state index contributed by atoms with van der Waals surface area (Å²) >= 11 is 0. The molecular weight excluding hydrogens is 260 g/mol. The Morgan fingerprint density at radius 3 is 2.95 bits per heavy atom. The summed E-state index contributed by atoms with van der Waals surface area (Å²) in [5.74, 6) is 0. The zero-order valence-corrected chi connectivity index (χ0v) is 13.4. The number of rotatable bonds is 6. The molecule has 3 nitrogen and oxygen atoms in total. The molecule has 2 heterocycles. The molecule has 21 heavy (non-hydrogen) atoms. The minimum Gasteiger partial charge on any atom is -0.396 e. The lowest BCUT2D eigenvalue weighted by Gasteiger charge is -2.41. The van der Waals surface area contributed by atoms with Gasteiger partial charge in [0.15, 0.2) is 0 Å². The van der Waals surface area contributed by atoms with E-state index in [1.165, 1.54) is 12.0 Å². The summed E-state index contributed by atoms with van der Waals surface area (Å²) in [6.07, 6.45) is 8.43. The minimum absolute atomic E-state index is 0.0552. The molecule has 0 radical (unpaired) electrons. The molecule has 1 N–H and O–H groups in total. The van der Waals surface area contributed by atoms with Gasteiger partial charge in [0.05, 0.1) is 6.61 Å². The first-order valence-electron chi connectivity index (χ1n) is 8.00. The summed E-state index contributed by atoms with van der Waals surface area (Å²) in [6.45, 7) is 7.73. The van der Waals surface area contributed by atoms with Crippen LogP contribution in [0.3, 0.4) is 0 Å². The fourth-order valence-corrected chi connectivity index (χ4v) is 3.10. The van der Waals surface area contributed by atoms with E-state index in [1.807, 2.05) is 18.3 Å². The highest BCUT2D eigenvalue weighted by molar-refractivity contribution is 5.04. The summed E-state index contributed by atoms with van der Waals surface area (Å²) in [5, 5.41) is 9.89. The first-order chi connectivity index (χ1) is 10.1. The molecule has 1 saturated heterocycles. The fourth-order valence-electron chi connectivity index (χ4n) is 3.10. The van der Waals surface area contributed by atoms with Crippen LogP contribution >= 0.6 is 0 Å². The minimum atomic E-state index is 0.0552. The number of piperidine rings is 1. The van der Waals surface area contributed by atoms with Crippen LogP contribution in [0.25, 0.3) is 0 Å². The number of likely N-dealkylation sites (tertiary alicyclic amines) is 1. The normalized spacial score (nSPS) is 23.0. The standard InChI is InChI=1S/C18H28N2O/c1-16(2)7-10-18(15-21)9-5-12-20(14-18)13-8-17-6-3-4-11-19-17/h3-4,6-7,11,21H,5,8-10,12-15H2,1-2H3/t18-/m1/s1. The van der Waals surface area contributed by atoms with Gasteiger partial charge in [-0.15, -0.1) is 0 Å². The van der Waals surface area contributed by atoms with E-state index < -0.39 is 0 Å². The molecule has 0 aliphatic carbocycles. The molecule has 1 aliphatic rings. The Balaban J connectivity index is 1.91. The maximum Gasteiger partial charge on any atom is 0.0502 e. The van der Waals surface area contributed by atoms with Crippen LogP contribution in [-0.2, 0) is 6.42 Å². The topological polar surface area (TPSA) is 36.4 Å². The third-order valence-corrected chi connectivity index (χ3v) is 4.43. The molecule has 0 amide bonds. The second-order valence-corrected chi connectivity index (χ2v) is 6.59. The van der Waals surface area contributed by atoms with Crippen molar-refractivity contribution < 1.29 is 5.11 Å². The molecule has 3 heteroatoms. The van der Waals surface area contributed by atoms with E-state index in [0.717, 1.165) is 44.6 Å². The van der Waals surface area contributed by atoms with Crippen molar-refractivity contribution >= 4 is 0 Å². The van der Waals surface area contributed by atoms with Crippen LogP contribution in [-0.4, -0.2) is 41.2 Å². The average molecular weight is 288 g/mol. The van der Waals surface area contributed by atoms with Crippen molar-refractivity contribution in [3.05, 3.63) is 41.7 Å². The van der Waals surface area contributed by atoms with E-state index >= 15 is 0 Å². The predicted octanol–water partition coefficient (Wildman–Crippen LogP) is 3.05. The maximum absolute atomic E-state index is 9.89. The number of hydrogen-bond acceptors (Lipinski definition) is 3. The molecule has 0 bridgehead atoms. The van der Waals surface area contributed by atoms with Gasteiger partial charge in [-0.1, -0.05) is 17.7 Å². The monoisotopic (exact) mass is 288 g/mol. The van der Waals surface area contributed by atoms with Crippen LogP contribution < -0.4 is 0 Å². The third kappa shape index (κ3) is 4.94. The maximum atomic E-state index is 9.89. The SMILES string of the molecule is CC(C)=CC[C@]1(CO)CCCN(CCc2ccccn2)C1. The Morgan fingerprint density at radius 2 is 2.29 bits per heavy atom. The van der Waals surface area contributed by atoms with Gasteiger partial charge in [0.1, 0.15) is 0 Å². The van der Waals surface area contributed by atoms with E-state index in [0.29, 0.717) is 0 Å². The third-order valence-electron chi connectivity index (χ3n) is 4.43. The summed E-state index contributed by atoms with van der Waals surface area (Å²) in [5.41, 5.74) is 2.55. The summed E-state index contributed by atoms with van der Waals surface area (Å²) < 4.78 is 0. The van der Waals surface area contributed by atoms with Crippen molar-refractivity contribution in [1.29, 1.82) is 0 Å². The lowest BCUT2D eigenvalue weighted by molar-refractivity contribution is 0.0347. The molecule has 1 aliphatic heterocycles. The largest absolute Gasteiger partial charge is 0.396 e. The van der Waals surface area contributed by atoms with Crippen molar-refractivity contribution in [2.24, 2.45) is 5.41 Å². The molecule has 116 valence electrons. The highest BCUT2D eigenvalue weighted by Crippen LogP contribution is 2.33. The van der Waals surface area contributed by atoms with E-state index in [-0.39, 0.29) is 12.0 Å². The van der Waals surface area contributed by atoms with Gasteiger partial charge in [-0.2, -0.15) is 0 Å². The van der Waals surface area contributed by atoms with Gasteiger partial charge in [-0.3, -0.25) is 4.98 Å². The second kappa shape index (κ2) is 7.71. The van der Waals surface area contributed by atoms with Crippen LogP contribution in [0.1, 0.15) is 38.8 Å². The summed E-state index contributed by atoms with van der Waals surface area (Å²) in [4.78, 5) is 6.89. The smallest absolute Gasteiger partial charge is 0.0502 e. The Kier molecular flexibility index (Phi) is 5.95. The highest BCUT2D eigenvalue weighted by atomic mass is 16.3. The number of aliphatic hydroxyl groups excluding tert-OH is 1. The lowest BCUT2D eigenvalue weighted by Crippen LogP contribution is -2.45. The Labute approximate surface area is 128 Å². The number of nitrogens with zero attached hydrogens (tertiary/aromatic N) is 2. The predicted molar refractivity (Wildman–Crippen MR) is 87.2 cm³/mol. The lowest BCUT2D eigenvalue weighted by atomic mass is 9.77. The van der Waals surface area contributed by atoms with E-state index in [9.17, 15) is 5.11 Å². The van der Waals surface area contributed by atoms with Gasteiger partial charge in [-0.05, 0) is 51.8 Å². The molecule has 1 aromatic rings. The molecule has 1 aromatic heterocycles. The molecule has 1 atom stereocenters. The first-order valence-corrected chi connectivity index (χ1v) is 8.00. The van der Waals surface area contributed by atoms with Crippen LogP contribution in [0.4, 0.5) is 0 Å². The molecule has 0 unspecified atom stereocenters. The van der Waals surface area contributed by atoms with Gasteiger partial charge in [0.2, 0.25) is 0 Å². The van der Waals surface area contributed by atoms with Crippen LogP contribution in [0.2, 0.25) is 0 Å². The van der Waals surface area contributed by atoms with Crippen molar-refractivity contribution in [1.82, 2.24) is 9.88 Å². The molecule has 0 saturated carbocycles. The molecule has 0 spiro atoms. The average Bonchev–Trinajstić information content (AvgIpc) is 2.52. The first kappa shape index (κ1) is 16.2. The van der Waals surface area contributed by atoms with Gasteiger partial charge in [0, 0.05) is 36.8 Å². The summed E-state index contributed by atoms with van der Waals surface area (Å²) in [6, 6.07) is 6.10. The number of aliphatic hydroxyl groups is 1. The van der Waals surface area contributed by atoms with E-state index in [1.54, 1.807) is 0 Å². The zero-order chi connectivity index (χ0) is 15.1. The number of hydrogen-bond donors (Lipinski definition) is 1. The number of aromatic nitrogens is 1. The Hall–Kier alpha value is -1.19. The van der Waals surface area contributed by atoms with Crippen LogP contribution in [0, 0.1) is 5.41 Å². The van der Waals surface area contributed by atoms with Crippen molar-refractivity contribution in [3.8, 4) is 0 Å². The molecular formula is C18H28N2O. The van der Waals surface area contributed by atoms with E-state index in [4.69, 9.17) is 0 Å². The Bertz CT molecular complexity index is 454. The van der Waals surface area contributed by atoms with Gasteiger partial charge >= 0.3 is 0 Å². The van der Waals surface area contributed by atoms with Gasteiger partial charge in [-0.25, -0.2) is 0 Å². The van der Waals surface area contributed by atoms with E-state index in [2.05, 4.69) is 35.9 Å². The molecule has 2 rings (SSSR count). The second-order valence-electron chi connectivity index (χ2n) is 6.59. The quantitative estimate of drug-likeness (QED) is 0.817. The van der Waals surface area contributed by atoms with Crippen LogP contribution in [0.5, 0.6) is 0 Å².